The molecule has 0 N–H and O–H groups in total. The average Bonchev–Trinajstić information content (AvgIpc) is 3.49. The number of para-hydroxylation sites is 1. The van der Waals surface area contributed by atoms with Crippen molar-refractivity contribution in [3.05, 3.63) is 64.7 Å². The lowest BCUT2D eigenvalue weighted by atomic mass is 9.58. The van der Waals surface area contributed by atoms with Gasteiger partial charge in [0.05, 0.1) is 21.6 Å². The number of rotatable bonds is 5. The van der Waals surface area contributed by atoms with E-state index in [0.717, 1.165) is 71.6 Å². The Hall–Kier alpha value is -4.51. The predicted molar refractivity (Wildman–Crippen MR) is 286 cm³/mol. The predicted octanol–water partition coefficient (Wildman–Crippen LogP) is -16.4. The van der Waals surface area contributed by atoms with E-state index >= 15 is 0 Å². The van der Waals surface area contributed by atoms with Gasteiger partial charge in [0, 0.05) is 34.0 Å². The molecule has 1 heterocycles. The summed E-state index contributed by atoms with van der Waals surface area (Å²) < 4.78 is 2.40. The topological polar surface area (TPSA) is 48.1 Å². The summed E-state index contributed by atoms with van der Waals surface area (Å²) in [6, 6.07) is 19.3. The molecular formula is C36H39B15N2O2. The summed E-state index contributed by atoms with van der Waals surface area (Å²) in [5, 5.41) is 15.3. The number of hydrogen-bond donors (Lipinski definition) is 0. The van der Waals surface area contributed by atoms with E-state index in [1.165, 1.54) is 71.2 Å². The van der Waals surface area contributed by atoms with Crippen molar-refractivity contribution < 1.29 is 4.92 Å². The third kappa shape index (κ3) is 5.74. The lowest BCUT2D eigenvalue weighted by Crippen LogP contribution is -2.55. The lowest BCUT2D eigenvalue weighted by Gasteiger charge is -2.27. The maximum absolute atomic E-state index is 13.0. The molecule has 0 spiro atoms. The molecule has 0 unspecified atom stereocenters. The SMILES string of the molecule is Bc1c(B)c(B)c(-c2ccc3c(c2)c2ccccc2n3-c2c(-c3c(B)c(B)c(B)c(B)c3B)cc([N+](=O)[O-])cc2-c2c(B)c(B)c(B)c(B)c2B)c(B)c1B. The van der Waals surface area contributed by atoms with Gasteiger partial charge in [-0.05, 0) is 40.5 Å². The summed E-state index contributed by atoms with van der Waals surface area (Å²) in [4.78, 5) is 12.8. The fourth-order valence-corrected chi connectivity index (χ4v) is 9.46. The average molecular weight is 694 g/mol. The van der Waals surface area contributed by atoms with Crippen LogP contribution in [0, 0.1) is 10.1 Å². The van der Waals surface area contributed by atoms with Crippen molar-refractivity contribution in [1.29, 1.82) is 0 Å². The Balaban J connectivity index is 1.74. The number of hydrogen-bond acceptors (Lipinski definition) is 2. The van der Waals surface area contributed by atoms with Crippen LogP contribution in [-0.2, 0) is 0 Å². The maximum Gasteiger partial charge on any atom is 0.270 e. The Morgan fingerprint density at radius 3 is 1.20 bits per heavy atom. The van der Waals surface area contributed by atoms with Crippen LogP contribution in [0.15, 0.2) is 54.6 Å². The number of nitro benzene ring substituents is 1. The minimum Gasteiger partial charge on any atom is -0.308 e. The molecule has 0 bridgehead atoms. The van der Waals surface area contributed by atoms with Crippen LogP contribution >= 0.6 is 0 Å². The Morgan fingerprint density at radius 1 is 0.418 bits per heavy atom. The maximum atomic E-state index is 13.0. The number of nitrogens with zero attached hydrogens (tertiary/aromatic N) is 2. The van der Waals surface area contributed by atoms with Crippen LogP contribution in [0.25, 0.3) is 60.9 Å². The normalized spacial score (nSPS) is 11.4. The Kier molecular flexibility index (Phi) is 9.80. The van der Waals surface area contributed by atoms with Crippen molar-refractivity contribution in [2.45, 2.75) is 0 Å². The smallest absolute Gasteiger partial charge is 0.270 e. The fraction of sp³-hybridized carbons (Fsp3) is 0. The monoisotopic (exact) mass is 696 g/mol. The summed E-state index contributed by atoms with van der Waals surface area (Å²) in [6.07, 6.45) is 0. The largest absolute Gasteiger partial charge is 0.308 e. The molecule has 1 aromatic heterocycles. The van der Waals surface area contributed by atoms with E-state index < -0.39 is 0 Å². The summed E-state index contributed by atoms with van der Waals surface area (Å²) in [5.74, 6) is 0. The van der Waals surface area contributed by atoms with Crippen molar-refractivity contribution in [2.24, 2.45) is 0 Å². The highest BCUT2D eigenvalue weighted by atomic mass is 16.6. The lowest BCUT2D eigenvalue weighted by molar-refractivity contribution is -0.384. The highest BCUT2D eigenvalue weighted by Gasteiger charge is 2.28. The van der Waals surface area contributed by atoms with Crippen LogP contribution in [-0.4, -0.2) is 127 Å². The van der Waals surface area contributed by atoms with Gasteiger partial charge in [0.2, 0.25) is 0 Å². The van der Waals surface area contributed by atoms with Gasteiger partial charge in [-0.15, -0.1) is 49.2 Å². The first kappa shape index (κ1) is 38.8. The molecule has 0 saturated carbocycles. The minimum atomic E-state index is -0.220. The number of fused-ring (bicyclic) bond motifs is 3. The second-order valence-electron chi connectivity index (χ2n) is 16.2. The Bertz CT molecular complexity index is 2690. The first-order valence-electron chi connectivity index (χ1n) is 19.5. The van der Waals surface area contributed by atoms with Gasteiger partial charge in [0.1, 0.15) is 118 Å². The number of aromatic nitrogens is 1. The van der Waals surface area contributed by atoms with Crippen LogP contribution in [0.4, 0.5) is 5.69 Å². The molecule has 0 aliphatic carbocycles. The van der Waals surface area contributed by atoms with Crippen molar-refractivity contribution >= 4 is 227 Å². The van der Waals surface area contributed by atoms with Crippen LogP contribution in [0.2, 0.25) is 0 Å². The highest BCUT2D eigenvalue weighted by Crippen LogP contribution is 2.42. The van der Waals surface area contributed by atoms with Gasteiger partial charge in [-0.25, -0.2) is 0 Å². The van der Waals surface area contributed by atoms with Crippen LogP contribution in [0.5, 0.6) is 0 Å². The van der Waals surface area contributed by atoms with Gasteiger partial charge >= 0.3 is 0 Å². The van der Waals surface area contributed by atoms with E-state index in [0.29, 0.717) is 0 Å². The molecule has 19 heteroatoms. The Morgan fingerprint density at radius 2 is 0.782 bits per heavy atom. The van der Waals surface area contributed by atoms with Gasteiger partial charge in [0.15, 0.2) is 0 Å². The molecule has 6 aromatic carbocycles. The number of non-ortho nitro benzene ring substituents is 1. The van der Waals surface area contributed by atoms with Gasteiger partial charge in [-0.1, -0.05) is 57.0 Å². The molecule has 7 rings (SSSR count). The van der Waals surface area contributed by atoms with E-state index in [4.69, 9.17) is 0 Å². The fourth-order valence-electron chi connectivity index (χ4n) is 9.46. The third-order valence-corrected chi connectivity index (χ3v) is 14.0. The molecule has 0 saturated heterocycles. The standard InChI is InChI=1S/C36H39B15N2O2/c37-21-18(22(38)28(44)33(49)27(21)43)10-5-6-17-13(7-10)12-3-1-2-4-16(12)52(17)36-14(19-23(39)29(45)34(50)30(46)24(19)40)8-11(53(54)55)9-15(36)20-25(41)31(47)35(51)32(48)26(20)42/h1-9H,37-51H2. The first-order valence-corrected chi connectivity index (χ1v) is 19.5. The molecule has 0 fully saturated rings. The van der Waals surface area contributed by atoms with E-state index in [2.05, 4.69) is 165 Å². The molecule has 0 aliphatic rings. The molecule has 0 aliphatic heterocycles. The van der Waals surface area contributed by atoms with Crippen LogP contribution in [0.1, 0.15) is 0 Å². The van der Waals surface area contributed by atoms with Gasteiger partial charge in [-0.3, -0.25) is 10.1 Å². The van der Waals surface area contributed by atoms with E-state index in [-0.39, 0.29) is 10.6 Å². The quantitative estimate of drug-likeness (QED) is 0.102. The molecule has 0 radical (unpaired) electrons. The van der Waals surface area contributed by atoms with Gasteiger partial charge in [-0.2, -0.15) is 0 Å². The minimum absolute atomic E-state index is 0.0947. The molecule has 55 heavy (non-hydrogen) atoms. The number of nitro groups is 1. The number of benzene rings is 6. The molecule has 4 nitrogen and oxygen atoms in total. The molecular weight excluding hydrogens is 655 g/mol. The van der Waals surface area contributed by atoms with Crippen molar-refractivity contribution in [2.75, 3.05) is 0 Å². The second-order valence-corrected chi connectivity index (χ2v) is 16.2. The molecule has 7 aromatic rings. The third-order valence-electron chi connectivity index (χ3n) is 14.0. The van der Waals surface area contributed by atoms with Gasteiger partial charge in [0.25, 0.3) is 5.69 Å². The summed E-state index contributed by atoms with van der Waals surface area (Å²) >= 11 is 0. The van der Waals surface area contributed by atoms with Gasteiger partial charge < -0.3 is 4.57 Å². The first-order chi connectivity index (χ1) is 25.9. The Labute approximate surface area is 338 Å². The molecule has 0 amide bonds. The van der Waals surface area contributed by atoms with Crippen LogP contribution < -0.4 is 81.9 Å². The zero-order chi connectivity index (χ0) is 40.1. The summed E-state index contributed by atoms with van der Waals surface area (Å²) in [6.45, 7) is 0. The van der Waals surface area contributed by atoms with E-state index in [9.17, 15) is 10.1 Å². The molecule has 250 valence electrons. The van der Waals surface area contributed by atoms with Crippen molar-refractivity contribution in [3.8, 4) is 39.1 Å². The van der Waals surface area contributed by atoms with E-state index in [1.807, 2.05) is 12.1 Å². The van der Waals surface area contributed by atoms with Crippen molar-refractivity contribution in [1.82, 2.24) is 4.57 Å². The summed E-state index contributed by atoms with van der Waals surface area (Å²) in [7, 11) is 33.0. The van der Waals surface area contributed by atoms with Crippen molar-refractivity contribution in [3.63, 3.8) is 0 Å². The zero-order valence-electron chi connectivity index (χ0n) is 35.4. The summed E-state index contributed by atoms with van der Waals surface area (Å²) in [5.41, 5.74) is 28.2. The highest BCUT2D eigenvalue weighted by molar-refractivity contribution is 6.71. The molecule has 0 atom stereocenters. The second kappa shape index (κ2) is 13.9. The zero-order valence-corrected chi connectivity index (χ0v) is 35.4. The van der Waals surface area contributed by atoms with Crippen LogP contribution in [0.3, 0.4) is 0 Å². The van der Waals surface area contributed by atoms with E-state index in [1.54, 1.807) is 0 Å².